The summed E-state index contributed by atoms with van der Waals surface area (Å²) in [6.45, 7) is 3.27. The molecule has 0 unspecified atom stereocenters. The first-order valence-corrected chi connectivity index (χ1v) is 9.50. The molecule has 9 heteroatoms. The molecule has 2 heterocycles. The van der Waals surface area contributed by atoms with E-state index in [1.165, 1.54) is 14.0 Å². The van der Waals surface area contributed by atoms with E-state index in [1.807, 2.05) is 36.7 Å². The molecule has 0 amide bonds. The highest BCUT2D eigenvalue weighted by molar-refractivity contribution is 6.36. The van der Waals surface area contributed by atoms with Gasteiger partial charge in [-0.3, -0.25) is 0 Å². The first kappa shape index (κ1) is 21.4. The van der Waals surface area contributed by atoms with E-state index in [2.05, 4.69) is 15.3 Å². The van der Waals surface area contributed by atoms with Gasteiger partial charge in [0, 0.05) is 30.1 Å². The Morgan fingerprint density at radius 2 is 2.03 bits per heavy atom. The SMILES string of the molecule is CC[C@@H](NCc1c(OC)nc2ccc(-c3cnc(C)n3C)cc2c1Cl)C(F)(F)F. The fourth-order valence-electron chi connectivity index (χ4n) is 3.21. The highest BCUT2D eigenvalue weighted by Gasteiger charge is 2.38. The summed E-state index contributed by atoms with van der Waals surface area (Å²) in [7, 11) is 3.33. The Labute approximate surface area is 171 Å². The van der Waals surface area contributed by atoms with Gasteiger partial charge < -0.3 is 14.6 Å². The number of fused-ring (bicyclic) bond motifs is 1. The number of hydrogen-bond donors (Lipinski definition) is 1. The van der Waals surface area contributed by atoms with E-state index < -0.39 is 12.2 Å². The van der Waals surface area contributed by atoms with E-state index in [4.69, 9.17) is 16.3 Å². The molecule has 156 valence electrons. The van der Waals surface area contributed by atoms with Gasteiger partial charge in [-0.25, -0.2) is 9.97 Å². The summed E-state index contributed by atoms with van der Waals surface area (Å²) in [5, 5.41) is 3.48. The predicted molar refractivity (Wildman–Crippen MR) is 107 cm³/mol. The molecule has 0 spiro atoms. The van der Waals surface area contributed by atoms with Gasteiger partial charge in [-0.05, 0) is 25.5 Å². The number of nitrogens with one attached hydrogen (secondary N) is 1. The maximum Gasteiger partial charge on any atom is 0.403 e. The Bertz CT molecular complexity index is 1030. The molecule has 5 nitrogen and oxygen atoms in total. The molecular formula is C20H22ClF3N4O. The third-order valence-electron chi connectivity index (χ3n) is 5.02. The molecular weight excluding hydrogens is 405 g/mol. The van der Waals surface area contributed by atoms with Crippen LogP contribution >= 0.6 is 11.6 Å². The van der Waals surface area contributed by atoms with Crippen LogP contribution in [0.5, 0.6) is 5.88 Å². The lowest BCUT2D eigenvalue weighted by molar-refractivity contribution is -0.156. The summed E-state index contributed by atoms with van der Waals surface area (Å²) in [5.74, 6) is 1.07. The number of hydrogen-bond acceptors (Lipinski definition) is 4. The van der Waals surface area contributed by atoms with Gasteiger partial charge in [0.25, 0.3) is 0 Å². The summed E-state index contributed by atoms with van der Waals surface area (Å²) in [6.07, 6.45) is -2.67. The minimum Gasteiger partial charge on any atom is -0.481 e. The zero-order valence-corrected chi connectivity index (χ0v) is 17.3. The van der Waals surface area contributed by atoms with Crippen LogP contribution < -0.4 is 10.1 Å². The Hall–Kier alpha value is -2.32. The molecule has 0 bridgehead atoms. The molecule has 0 saturated carbocycles. The van der Waals surface area contributed by atoms with Crippen molar-refractivity contribution in [3.05, 3.63) is 40.8 Å². The van der Waals surface area contributed by atoms with Crippen LogP contribution in [0.2, 0.25) is 5.02 Å². The molecule has 2 aromatic heterocycles. The molecule has 0 aliphatic carbocycles. The van der Waals surface area contributed by atoms with Crippen LogP contribution in [-0.4, -0.2) is 33.9 Å². The van der Waals surface area contributed by atoms with Crippen LogP contribution in [0.3, 0.4) is 0 Å². The second-order valence-corrected chi connectivity index (χ2v) is 7.16. The van der Waals surface area contributed by atoms with Crippen molar-refractivity contribution in [2.45, 2.75) is 39.0 Å². The monoisotopic (exact) mass is 426 g/mol. The normalized spacial score (nSPS) is 13.1. The molecule has 0 aliphatic rings. The van der Waals surface area contributed by atoms with E-state index in [0.717, 1.165) is 17.1 Å². The van der Waals surface area contributed by atoms with Crippen LogP contribution in [0.15, 0.2) is 24.4 Å². The molecule has 1 atom stereocenters. The maximum atomic E-state index is 13.1. The topological polar surface area (TPSA) is 52.0 Å². The van der Waals surface area contributed by atoms with Gasteiger partial charge in [-0.1, -0.05) is 24.6 Å². The highest BCUT2D eigenvalue weighted by Crippen LogP contribution is 2.35. The largest absolute Gasteiger partial charge is 0.481 e. The van der Waals surface area contributed by atoms with Crippen molar-refractivity contribution in [1.29, 1.82) is 0 Å². The average Bonchev–Trinajstić information content (AvgIpc) is 3.01. The molecule has 0 radical (unpaired) electrons. The molecule has 1 N–H and O–H groups in total. The van der Waals surface area contributed by atoms with E-state index in [-0.39, 0.29) is 18.8 Å². The molecule has 3 rings (SSSR count). The zero-order valence-electron chi connectivity index (χ0n) is 16.6. The van der Waals surface area contributed by atoms with E-state index >= 15 is 0 Å². The van der Waals surface area contributed by atoms with Gasteiger partial charge in [0.1, 0.15) is 11.9 Å². The second kappa shape index (κ2) is 8.20. The molecule has 0 aliphatic heterocycles. The number of halogens is 4. The summed E-state index contributed by atoms with van der Waals surface area (Å²) in [5.41, 5.74) is 2.78. The van der Waals surface area contributed by atoms with Crippen LogP contribution in [0, 0.1) is 6.92 Å². The van der Waals surface area contributed by atoms with Gasteiger partial charge >= 0.3 is 6.18 Å². The summed E-state index contributed by atoms with van der Waals surface area (Å²) < 4.78 is 46.5. The molecule has 1 aromatic carbocycles. The summed E-state index contributed by atoms with van der Waals surface area (Å²) in [6, 6.07) is 3.94. The Morgan fingerprint density at radius 3 is 2.59 bits per heavy atom. The minimum atomic E-state index is -4.34. The molecule has 29 heavy (non-hydrogen) atoms. The van der Waals surface area contributed by atoms with Crippen LogP contribution in [0.4, 0.5) is 13.2 Å². The average molecular weight is 427 g/mol. The third kappa shape index (κ3) is 4.18. The quantitative estimate of drug-likeness (QED) is 0.600. The minimum absolute atomic E-state index is 0.0889. The van der Waals surface area contributed by atoms with Crippen molar-refractivity contribution in [1.82, 2.24) is 19.9 Å². The van der Waals surface area contributed by atoms with E-state index in [0.29, 0.717) is 21.5 Å². The second-order valence-electron chi connectivity index (χ2n) is 6.78. The van der Waals surface area contributed by atoms with Crippen LogP contribution in [0.1, 0.15) is 24.7 Å². The fourth-order valence-corrected chi connectivity index (χ4v) is 3.51. The maximum absolute atomic E-state index is 13.1. The summed E-state index contributed by atoms with van der Waals surface area (Å²) in [4.78, 5) is 8.73. The van der Waals surface area contributed by atoms with Crippen LogP contribution in [-0.2, 0) is 13.6 Å². The van der Waals surface area contributed by atoms with Crippen molar-refractivity contribution in [2.75, 3.05) is 7.11 Å². The van der Waals surface area contributed by atoms with E-state index in [9.17, 15) is 13.2 Å². The Balaban J connectivity index is 2.05. The first-order valence-electron chi connectivity index (χ1n) is 9.12. The van der Waals surface area contributed by atoms with Gasteiger partial charge in [0.2, 0.25) is 5.88 Å². The Kier molecular flexibility index (Phi) is 6.05. The standard InChI is InChI=1S/C20H22ClF3N4O/c1-5-17(20(22,23)24)26-9-14-18(21)13-8-12(16-10-25-11(2)28(16)3)6-7-15(13)27-19(14)29-4/h6-8,10,17,26H,5,9H2,1-4H3/t17-/m1/s1. The lowest BCUT2D eigenvalue weighted by Gasteiger charge is -2.21. The number of aryl methyl sites for hydroxylation is 1. The number of rotatable bonds is 6. The van der Waals surface area contributed by atoms with Crippen molar-refractivity contribution >= 4 is 22.5 Å². The highest BCUT2D eigenvalue weighted by atomic mass is 35.5. The fraction of sp³-hybridized carbons (Fsp3) is 0.400. The van der Waals surface area contributed by atoms with Gasteiger partial charge in [-0.2, -0.15) is 13.2 Å². The van der Waals surface area contributed by atoms with Crippen molar-refractivity contribution < 1.29 is 17.9 Å². The summed E-state index contributed by atoms with van der Waals surface area (Å²) >= 11 is 6.61. The number of ether oxygens (including phenoxy) is 1. The van der Waals surface area contributed by atoms with Crippen molar-refractivity contribution in [2.24, 2.45) is 7.05 Å². The van der Waals surface area contributed by atoms with Gasteiger partial charge in [0.05, 0.1) is 29.5 Å². The van der Waals surface area contributed by atoms with Crippen LogP contribution in [0.25, 0.3) is 22.2 Å². The molecule has 0 fully saturated rings. The lowest BCUT2D eigenvalue weighted by Crippen LogP contribution is -2.41. The Morgan fingerprint density at radius 1 is 1.31 bits per heavy atom. The number of pyridine rings is 1. The number of methoxy groups -OCH3 is 1. The molecule has 0 saturated heterocycles. The van der Waals surface area contributed by atoms with Gasteiger partial charge in [0.15, 0.2) is 0 Å². The zero-order chi connectivity index (χ0) is 21.3. The molecule has 3 aromatic rings. The van der Waals surface area contributed by atoms with Gasteiger partial charge in [-0.15, -0.1) is 0 Å². The number of benzene rings is 1. The third-order valence-corrected chi connectivity index (χ3v) is 5.45. The lowest BCUT2D eigenvalue weighted by atomic mass is 10.1. The van der Waals surface area contributed by atoms with E-state index in [1.54, 1.807) is 6.20 Å². The van der Waals surface area contributed by atoms with Crippen molar-refractivity contribution in [3.8, 4) is 17.1 Å². The number of imidazole rings is 1. The number of aromatic nitrogens is 3. The number of nitrogens with zero attached hydrogens (tertiary/aromatic N) is 3. The predicted octanol–water partition coefficient (Wildman–Crippen LogP) is 5.04. The number of alkyl halides is 3. The first-order chi connectivity index (χ1) is 13.7. The van der Waals surface area contributed by atoms with Crippen molar-refractivity contribution in [3.63, 3.8) is 0 Å². The smallest absolute Gasteiger partial charge is 0.403 e.